The Morgan fingerprint density at radius 2 is 2.07 bits per heavy atom. The summed E-state index contributed by atoms with van der Waals surface area (Å²) in [5.41, 5.74) is 0.666. The van der Waals surface area contributed by atoms with E-state index in [-0.39, 0.29) is 11.9 Å². The van der Waals surface area contributed by atoms with Crippen molar-refractivity contribution >= 4 is 40.1 Å². The van der Waals surface area contributed by atoms with Crippen molar-refractivity contribution in [2.45, 2.75) is 19.9 Å². The van der Waals surface area contributed by atoms with Crippen LogP contribution >= 0.6 is 34.2 Å². The van der Waals surface area contributed by atoms with E-state index in [1.165, 1.54) is 0 Å². The fourth-order valence-corrected chi connectivity index (χ4v) is 1.82. The molecule has 0 fully saturated rings. The largest absolute Gasteiger partial charge is 0.339 e. The number of hydrogen-bond acceptors (Lipinski definition) is 1. The van der Waals surface area contributed by atoms with E-state index in [4.69, 9.17) is 11.6 Å². The maximum absolute atomic E-state index is 12.0. The van der Waals surface area contributed by atoms with Crippen molar-refractivity contribution in [2.75, 3.05) is 7.05 Å². The molecule has 0 aliphatic rings. The van der Waals surface area contributed by atoms with Crippen molar-refractivity contribution in [3.63, 3.8) is 0 Å². The van der Waals surface area contributed by atoms with Gasteiger partial charge in [0.25, 0.3) is 5.91 Å². The molecule has 0 atom stereocenters. The highest BCUT2D eigenvalue weighted by Gasteiger charge is 2.17. The summed E-state index contributed by atoms with van der Waals surface area (Å²) in [7, 11) is 1.80. The standard InChI is InChI=1S/C11H13ClINO/c1-7(2)14(3)11(15)9-6-8(12)4-5-10(9)13/h4-7H,1-3H3. The maximum atomic E-state index is 12.0. The first-order valence-corrected chi connectivity index (χ1v) is 6.11. The number of carbonyl (C=O) groups excluding carboxylic acids is 1. The molecule has 15 heavy (non-hydrogen) atoms. The minimum absolute atomic E-state index is 0.0110. The van der Waals surface area contributed by atoms with Gasteiger partial charge in [-0.05, 0) is 54.6 Å². The summed E-state index contributed by atoms with van der Waals surface area (Å²) in [4.78, 5) is 13.7. The highest BCUT2D eigenvalue weighted by Crippen LogP contribution is 2.19. The molecule has 0 aliphatic heterocycles. The zero-order chi connectivity index (χ0) is 11.6. The van der Waals surface area contributed by atoms with Gasteiger partial charge in [0.05, 0.1) is 5.56 Å². The molecule has 0 saturated carbocycles. The Kier molecular flexibility index (Phi) is 4.40. The van der Waals surface area contributed by atoms with E-state index in [0.29, 0.717) is 10.6 Å². The number of amides is 1. The zero-order valence-corrected chi connectivity index (χ0v) is 11.8. The molecule has 82 valence electrons. The SMILES string of the molecule is CC(C)N(C)C(=O)c1cc(Cl)ccc1I. The van der Waals surface area contributed by atoms with Gasteiger partial charge < -0.3 is 4.90 Å². The minimum atomic E-state index is 0.0110. The van der Waals surface area contributed by atoms with Crippen LogP contribution in [0.1, 0.15) is 24.2 Å². The molecule has 1 amide bonds. The lowest BCUT2D eigenvalue weighted by molar-refractivity contribution is 0.0754. The molecule has 1 aromatic rings. The Labute approximate surface area is 109 Å². The number of rotatable bonds is 2. The third kappa shape index (κ3) is 3.08. The fourth-order valence-electron chi connectivity index (χ4n) is 1.09. The molecule has 0 saturated heterocycles. The van der Waals surface area contributed by atoms with Crippen molar-refractivity contribution in [1.29, 1.82) is 0 Å². The molecule has 0 radical (unpaired) electrons. The van der Waals surface area contributed by atoms with Crippen LogP contribution in [0.4, 0.5) is 0 Å². The van der Waals surface area contributed by atoms with Crippen LogP contribution in [0.15, 0.2) is 18.2 Å². The van der Waals surface area contributed by atoms with Gasteiger partial charge in [0.15, 0.2) is 0 Å². The summed E-state index contributed by atoms with van der Waals surface area (Å²) >= 11 is 8.01. The van der Waals surface area contributed by atoms with Crippen LogP contribution in [0.5, 0.6) is 0 Å². The molecular weight excluding hydrogens is 324 g/mol. The molecule has 0 unspecified atom stereocenters. The molecule has 0 bridgehead atoms. The summed E-state index contributed by atoms with van der Waals surface area (Å²) in [6, 6.07) is 5.54. The van der Waals surface area contributed by atoms with E-state index in [1.54, 1.807) is 24.1 Å². The average molecular weight is 338 g/mol. The highest BCUT2D eigenvalue weighted by molar-refractivity contribution is 14.1. The van der Waals surface area contributed by atoms with E-state index in [1.807, 2.05) is 19.9 Å². The minimum Gasteiger partial charge on any atom is -0.339 e. The van der Waals surface area contributed by atoms with Gasteiger partial charge >= 0.3 is 0 Å². The first-order chi connectivity index (χ1) is 6.93. The number of halogens is 2. The van der Waals surface area contributed by atoms with E-state index >= 15 is 0 Å². The first kappa shape index (κ1) is 12.8. The smallest absolute Gasteiger partial charge is 0.254 e. The number of hydrogen-bond donors (Lipinski definition) is 0. The van der Waals surface area contributed by atoms with Gasteiger partial charge in [-0.25, -0.2) is 0 Å². The molecule has 0 aliphatic carbocycles. The van der Waals surface area contributed by atoms with Gasteiger partial charge in [0.2, 0.25) is 0 Å². The second-order valence-corrected chi connectivity index (χ2v) is 5.23. The Morgan fingerprint density at radius 3 is 2.60 bits per heavy atom. The van der Waals surface area contributed by atoms with Crippen molar-refractivity contribution < 1.29 is 4.79 Å². The highest BCUT2D eigenvalue weighted by atomic mass is 127. The summed E-state index contributed by atoms with van der Waals surface area (Å²) in [6.07, 6.45) is 0. The molecule has 2 nitrogen and oxygen atoms in total. The third-order valence-corrected chi connectivity index (χ3v) is 3.43. The number of carbonyl (C=O) groups is 1. The van der Waals surface area contributed by atoms with Gasteiger partial charge in [0.1, 0.15) is 0 Å². The summed E-state index contributed by atoms with van der Waals surface area (Å²) in [6.45, 7) is 3.96. The topological polar surface area (TPSA) is 20.3 Å². The second kappa shape index (κ2) is 5.16. The number of benzene rings is 1. The van der Waals surface area contributed by atoms with E-state index < -0.39 is 0 Å². The summed E-state index contributed by atoms with van der Waals surface area (Å²) < 4.78 is 0.925. The van der Waals surface area contributed by atoms with Gasteiger partial charge in [-0.1, -0.05) is 11.6 Å². The Hall–Kier alpha value is -0.290. The van der Waals surface area contributed by atoms with Crippen molar-refractivity contribution in [3.8, 4) is 0 Å². The van der Waals surface area contributed by atoms with E-state index in [2.05, 4.69) is 22.6 Å². The van der Waals surface area contributed by atoms with Crippen molar-refractivity contribution in [2.24, 2.45) is 0 Å². The number of nitrogens with zero attached hydrogens (tertiary/aromatic N) is 1. The normalized spacial score (nSPS) is 10.5. The monoisotopic (exact) mass is 337 g/mol. The van der Waals surface area contributed by atoms with E-state index in [9.17, 15) is 4.79 Å². The lowest BCUT2D eigenvalue weighted by Crippen LogP contribution is -2.33. The molecule has 0 aromatic heterocycles. The summed E-state index contributed by atoms with van der Waals surface area (Å²) in [5.74, 6) is 0.0110. The molecular formula is C11H13ClINO. The first-order valence-electron chi connectivity index (χ1n) is 4.65. The lowest BCUT2D eigenvalue weighted by Gasteiger charge is -2.22. The average Bonchev–Trinajstić information content (AvgIpc) is 2.19. The van der Waals surface area contributed by atoms with Gasteiger partial charge in [0, 0.05) is 21.7 Å². The molecule has 0 heterocycles. The van der Waals surface area contributed by atoms with Crippen LogP contribution in [0.3, 0.4) is 0 Å². The predicted molar refractivity (Wildman–Crippen MR) is 71.4 cm³/mol. The van der Waals surface area contributed by atoms with Crippen LogP contribution in [-0.4, -0.2) is 23.9 Å². The van der Waals surface area contributed by atoms with Crippen molar-refractivity contribution in [1.82, 2.24) is 4.90 Å². The van der Waals surface area contributed by atoms with E-state index in [0.717, 1.165) is 3.57 Å². The predicted octanol–water partition coefficient (Wildman–Crippen LogP) is 3.43. The quantitative estimate of drug-likeness (QED) is 0.757. The van der Waals surface area contributed by atoms with Gasteiger partial charge in [-0.15, -0.1) is 0 Å². The maximum Gasteiger partial charge on any atom is 0.254 e. The molecule has 1 aromatic carbocycles. The molecule has 0 N–H and O–H groups in total. The summed E-state index contributed by atoms with van der Waals surface area (Å²) in [5, 5.41) is 0.593. The van der Waals surface area contributed by atoms with Crippen LogP contribution in [0.25, 0.3) is 0 Å². The Bertz CT molecular complexity index is 379. The fraction of sp³-hybridized carbons (Fsp3) is 0.364. The Morgan fingerprint density at radius 1 is 1.47 bits per heavy atom. The molecule has 4 heteroatoms. The van der Waals surface area contributed by atoms with Gasteiger partial charge in [-0.2, -0.15) is 0 Å². The molecule has 0 spiro atoms. The Balaban J connectivity index is 3.05. The van der Waals surface area contributed by atoms with Crippen LogP contribution in [0, 0.1) is 3.57 Å². The zero-order valence-electron chi connectivity index (χ0n) is 8.92. The molecule has 1 rings (SSSR count). The third-order valence-electron chi connectivity index (χ3n) is 2.25. The second-order valence-electron chi connectivity index (χ2n) is 3.63. The van der Waals surface area contributed by atoms with Crippen LogP contribution in [-0.2, 0) is 0 Å². The van der Waals surface area contributed by atoms with Crippen LogP contribution < -0.4 is 0 Å². The lowest BCUT2D eigenvalue weighted by atomic mass is 10.2. The van der Waals surface area contributed by atoms with Gasteiger partial charge in [-0.3, -0.25) is 4.79 Å². The van der Waals surface area contributed by atoms with Crippen LogP contribution in [0.2, 0.25) is 5.02 Å². The van der Waals surface area contributed by atoms with Crippen molar-refractivity contribution in [3.05, 3.63) is 32.4 Å².